The molecule has 4 heteroatoms. The molecule has 21 heavy (non-hydrogen) atoms. The van der Waals surface area contributed by atoms with Crippen LogP contribution in [0.25, 0.3) is 0 Å². The van der Waals surface area contributed by atoms with Gasteiger partial charge in [0.05, 0.1) is 0 Å². The van der Waals surface area contributed by atoms with Crippen molar-refractivity contribution in [3.8, 4) is 5.75 Å². The largest absolute Gasteiger partial charge is 0.489 e. The lowest BCUT2D eigenvalue weighted by molar-refractivity contribution is 0.302. The number of benzene rings is 2. The lowest BCUT2D eigenvalue weighted by Crippen LogP contribution is -2.21. The molecular formula is C17H19BrClNO. The van der Waals surface area contributed by atoms with Crippen molar-refractivity contribution in [1.29, 1.82) is 0 Å². The topological polar surface area (TPSA) is 35.2 Å². The molecule has 2 rings (SSSR count). The fraction of sp³-hybridized carbons (Fsp3) is 0.294. The van der Waals surface area contributed by atoms with Gasteiger partial charge in [0.15, 0.2) is 0 Å². The lowest BCUT2D eigenvalue weighted by Gasteiger charge is -2.15. The van der Waals surface area contributed by atoms with E-state index in [0.717, 1.165) is 39.2 Å². The molecule has 0 radical (unpaired) electrons. The van der Waals surface area contributed by atoms with Gasteiger partial charge in [-0.1, -0.05) is 46.6 Å². The van der Waals surface area contributed by atoms with Crippen molar-refractivity contribution >= 4 is 27.5 Å². The van der Waals surface area contributed by atoms with Crippen LogP contribution in [-0.4, -0.2) is 6.04 Å². The molecule has 0 aliphatic heterocycles. The van der Waals surface area contributed by atoms with Gasteiger partial charge in [0.1, 0.15) is 12.4 Å². The minimum Gasteiger partial charge on any atom is -0.489 e. The lowest BCUT2D eigenvalue weighted by atomic mass is 10.0. The molecule has 112 valence electrons. The molecule has 0 fully saturated rings. The number of hydrogen-bond acceptors (Lipinski definition) is 2. The Labute approximate surface area is 139 Å². The molecular weight excluding hydrogens is 350 g/mol. The number of nitrogens with two attached hydrogens (primary N) is 1. The van der Waals surface area contributed by atoms with Crippen LogP contribution in [0, 0.1) is 0 Å². The second-order valence-electron chi connectivity index (χ2n) is 5.04. The average molecular weight is 369 g/mol. The molecule has 1 atom stereocenters. The van der Waals surface area contributed by atoms with Gasteiger partial charge in [-0.2, -0.15) is 0 Å². The first kappa shape index (κ1) is 16.3. The van der Waals surface area contributed by atoms with Crippen molar-refractivity contribution in [2.75, 3.05) is 0 Å². The van der Waals surface area contributed by atoms with E-state index in [4.69, 9.17) is 22.1 Å². The summed E-state index contributed by atoms with van der Waals surface area (Å²) < 4.78 is 6.99. The van der Waals surface area contributed by atoms with Gasteiger partial charge in [-0.25, -0.2) is 0 Å². The second-order valence-corrected chi connectivity index (χ2v) is 6.39. The molecule has 0 aliphatic rings. The van der Waals surface area contributed by atoms with Crippen molar-refractivity contribution in [2.24, 2.45) is 5.73 Å². The summed E-state index contributed by atoms with van der Waals surface area (Å²) in [6, 6.07) is 13.9. The second kappa shape index (κ2) is 7.83. The van der Waals surface area contributed by atoms with Gasteiger partial charge in [-0.3, -0.25) is 0 Å². The molecule has 1 unspecified atom stereocenters. The molecule has 2 aromatic rings. The molecule has 0 bridgehead atoms. The van der Waals surface area contributed by atoms with Crippen LogP contribution in [0.15, 0.2) is 46.9 Å². The molecule has 0 aliphatic carbocycles. The maximum atomic E-state index is 6.06. The first-order valence-corrected chi connectivity index (χ1v) is 8.17. The van der Waals surface area contributed by atoms with Gasteiger partial charge >= 0.3 is 0 Å². The molecule has 0 heterocycles. The maximum Gasteiger partial charge on any atom is 0.123 e. The van der Waals surface area contributed by atoms with Crippen LogP contribution in [0.4, 0.5) is 0 Å². The molecule has 2 nitrogen and oxygen atoms in total. The van der Waals surface area contributed by atoms with Crippen LogP contribution >= 0.6 is 27.5 Å². The van der Waals surface area contributed by atoms with Crippen LogP contribution < -0.4 is 10.5 Å². The van der Waals surface area contributed by atoms with Gasteiger partial charge < -0.3 is 10.5 Å². The first-order valence-electron chi connectivity index (χ1n) is 6.99. The minimum absolute atomic E-state index is 0.150. The van der Waals surface area contributed by atoms with Crippen molar-refractivity contribution in [1.82, 2.24) is 0 Å². The van der Waals surface area contributed by atoms with E-state index in [1.165, 1.54) is 0 Å². The predicted octanol–water partition coefficient (Wildman–Crippen LogP) is 4.96. The quantitative estimate of drug-likeness (QED) is 0.782. The fourth-order valence-electron chi connectivity index (χ4n) is 2.02. The number of ether oxygens (including phenoxy) is 1. The highest BCUT2D eigenvalue weighted by molar-refractivity contribution is 9.10. The SMILES string of the molecule is CCC(N)Cc1cc(Br)ccc1OCc1ccc(Cl)cc1. The summed E-state index contributed by atoms with van der Waals surface area (Å²) in [7, 11) is 0. The van der Waals surface area contributed by atoms with E-state index >= 15 is 0 Å². The summed E-state index contributed by atoms with van der Waals surface area (Å²) in [6.45, 7) is 2.62. The van der Waals surface area contributed by atoms with E-state index in [0.29, 0.717) is 6.61 Å². The van der Waals surface area contributed by atoms with E-state index in [-0.39, 0.29) is 6.04 Å². The van der Waals surface area contributed by atoms with Gasteiger partial charge in [0.25, 0.3) is 0 Å². The molecule has 2 aromatic carbocycles. The third-order valence-electron chi connectivity index (χ3n) is 3.34. The van der Waals surface area contributed by atoms with Crippen LogP contribution in [-0.2, 0) is 13.0 Å². The Morgan fingerprint density at radius 3 is 2.57 bits per heavy atom. The van der Waals surface area contributed by atoms with Crippen LogP contribution in [0.5, 0.6) is 5.75 Å². The molecule has 0 amide bonds. The zero-order valence-corrected chi connectivity index (χ0v) is 14.3. The standard InChI is InChI=1S/C17H19BrClNO/c1-2-16(20)10-13-9-14(18)5-8-17(13)21-11-12-3-6-15(19)7-4-12/h3-9,16H,2,10-11,20H2,1H3. The zero-order valence-electron chi connectivity index (χ0n) is 12.0. The van der Waals surface area contributed by atoms with Crippen molar-refractivity contribution in [2.45, 2.75) is 32.4 Å². The van der Waals surface area contributed by atoms with Crippen molar-refractivity contribution in [3.05, 3.63) is 63.1 Å². The van der Waals surface area contributed by atoms with Crippen molar-refractivity contribution in [3.63, 3.8) is 0 Å². The summed E-state index contributed by atoms with van der Waals surface area (Å²) in [5, 5.41) is 0.733. The molecule has 0 saturated heterocycles. The van der Waals surface area contributed by atoms with Gasteiger partial charge in [0.2, 0.25) is 0 Å². The highest BCUT2D eigenvalue weighted by atomic mass is 79.9. The Kier molecular flexibility index (Phi) is 6.09. The van der Waals surface area contributed by atoms with E-state index in [9.17, 15) is 0 Å². The normalized spacial score (nSPS) is 12.2. The Balaban J connectivity index is 2.09. The highest BCUT2D eigenvalue weighted by Crippen LogP contribution is 2.25. The fourth-order valence-corrected chi connectivity index (χ4v) is 2.55. The Bertz CT molecular complexity index is 586. The zero-order chi connectivity index (χ0) is 15.2. The molecule has 0 saturated carbocycles. The highest BCUT2D eigenvalue weighted by Gasteiger charge is 2.09. The van der Waals surface area contributed by atoms with E-state index in [2.05, 4.69) is 28.9 Å². The summed E-state index contributed by atoms with van der Waals surface area (Å²) in [6.07, 6.45) is 1.76. The average Bonchev–Trinajstić information content (AvgIpc) is 2.48. The summed E-state index contributed by atoms with van der Waals surface area (Å²) >= 11 is 9.39. The van der Waals surface area contributed by atoms with Crippen molar-refractivity contribution < 1.29 is 4.74 Å². The predicted molar refractivity (Wildman–Crippen MR) is 91.9 cm³/mol. The monoisotopic (exact) mass is 367 g/mol. The Morgan fingerprint density at radius 1 is 1.19 bits per heavy atom. The summed E-state index contributed by atoms with van der Waals surface area (Å²) in [4.78, 5) is 0. The van der Waals surface area contributed by atoms with Crippen LogP contribution in [0.2, 0.25) is 5.02 Å². The van der Waals surface area contributed by atoms with E-state index < -0.39 is 0 Å². The summed E-state index contributed by atoms with van der Waals surface area (Å²) in [5.41, 5.74) is 8.29. The molecule has 2 N–H and O–H groups in total. The number of halogens is 2. The maximum absolute atomic E-state index is 6.06. The Morgan fingerprint density at radius 2 is 1.90 bits per heavy atom. The van der Waals surface area contributed by atoms with Crippen LogP contribution in [0.1, 0.15) is 24.5 Å². The van der Waals surface area contributed by atoms with Gasteiger partial charge in [0, 0.05) is 15.5 Å². The van der Waals surface area contributed by atoms with E-state index in [1.54, 1.807) is 0 Å². The van der Waals surface area contributed by atoms with Crippen LogP contribution in [0.3, 0.4) is 0 Å². The number of hydrogen-bond donors (Lipinski definition) is 1. The third-order valence-corrected chi connectivity index (χ3v) is 4.08. The smallest absolute Gasteiger partial charge is 0.123 e. The third kappa shape index (κ3) is 5.03. The number of rotatable bonds is 6. The van der Waals surface area contributed by atoms with Gasteiger partial charge in [-0.15, -0.1) is 0 Å². The summed E-state index contributed by atoms with van der Waals surface area (Å²) in [5.74, 6) is 0.886. The first-order chi connectivity index (χ1) is 10.1. The molecule has 0 aromatic heterocycles. The Hall–Kier alpha value is -1.03. The minimum atomic E-state index is 0.150. The van der Waals surface area contributed by atoms with Gasteiger partial charge in [-0.05, 0) is 54.3 Å². The molecule has 0 spiro atoms. The van der Waals surface area contributed by atoms with E-state index in [1.807, 2.05) is 36.4 Å².